The standard InChI is InChI=1S/C23H22N2O3/c1-15-10-18(22(27)11-21(15)26)23(28)25-13-17-8-5-9-20(19(17)14-25)24-12-16-6-3-2-4-7-16/h2-11,24,26-27H,12-14H2,1H3. The molecule has 0 unspecified atom stereocenters. The number of phenols is 2. The van der Waals surface area contributed by atoms with Crippen LogP contribution in [0.1, 0.15) is 32.6 Å². The van der Waals surface area contributed by atoms with Crippen molar-refractivity contribution in [2.75, 3.05) is 5.32 Å². The molecule has 3 aromatic carbocycles. The average Bonchev–Trinajstić information content (AvgIpc) is 3.14. The van der Waals surface area contributed by atoms with E-state index in [1.165, 1.54) is 17.7 Å². The number of carbonyl (C=O) groups excluding carboxylic acids is 1. The summed E-state index contributed by atoms with van der Waals surface area (Å²) in [6.45, 7) is 3.39. The molecule has 1 aliphatic rings. The number of aryl methyl sites for hydroxylation is 1. The first-order valence-electron chi connectivity index (χ1n) is 9.23. The smallest absolute Gasteiger partial charge is 0.258 e. The van der Waals surface area contributed by atoms with Crippen molar-refractivity contribution in [2.45, 2.75) is 26.6 Å². The maximum Gasteiger partial charge on any atom is 0.258 e. The van der Waals surface area contributed by atoms with Gasteiger partial charge in [-0.15, -0.1) is 0 Å². The quantitative estimate of drug-likeness (QED) is 0.641. The van der Waals surface area contributed by atoms with Crippen LogP contribution in [0.4, 0.5) is 5.69 Å². The Bertz CT molecular complexity index is 1030. The molecular formula is C23H22N2O3. The molecule has 5 heteroatoms. The van der Waals surface area contributed by atoms with Crippen LogP contribution in [-0.4, -0.2) is 21.0 Å². The number of carbonyl (C=O) groups is 1. The summed E-state index contributed by atoms with van der Waals surface area (Å²) in [5.41, 5.74) is 5.17. The summed E-state index contributed by atoms with van der Waals surface area (Å²) in [6, 6.07) is 19.0. The van der Waals surface area contributed by atoms with Crippen LogP contribution in [0.2, 0.25) is 0 Å². The fourth-order valence-electron chi connectivity index (χ4n) is 3.55. The summed E-state index contributed by atoms with van der Waals surface area (Å²) >= 11 is 0. The van der Waals surface area contributed by atoms with Gasteiger partial charge in [-0.1, -0.05) is 42.5 Å². The van der Waals surface area contributed by atoms with Gasteiger partial charge in [0.2, 0.25) is 0 Å². The molecule has 0 saturated carbocycles. The van der Waals surface area contributed by atoms with Gasteiger partial charge in [0.25, 0.3) is 5.91 Å². The van der Waals surface area contributed by atoms with E-state index in [9.17, 15) is 15.0 Å². The van der Waals surface area contributed by atoms with Crippen LogP contribution in [0.25, 0.3) is 0 Å². The fourth-order valence-corrected chi connectivity index (χ4v) is 3.55. The highest BCUT2D eigenvalue weighted by Gasteiger charge is 2.28. The number of phenolic OH excluding ortho intramolecular Hbond substituents is 2. The molecule has 3 aromatic rings. The van der Waals surface area contributed by atoms with E-state index in [-0.39, 0.29) is 23.0 Å². The molecule has 0 aromatic heterocycles. The van der Waals surface area contributed by atoms with Gasteiger partial charge in [-0.3, -0.25) is 4.79 Å². The molecule has 0 atom stereocenters. The van der Waals surface area contributed by atoms with Crippen LogP contribution >= 0.6 is 0 Å². The molecule has 0 bridgehead atoms. The molecule has 0 radical (unpaired) electrons. The third kappa shape index (κ3) is 3.39. The van der Waals surface area contributed by atoms with Crippen molar-refractivity contribution in [3.8, 4) is 11.5 Å². The van der Waals surface area contributed by atoms with Crippen molar-refractivity contribution in [3.63, 3.8) is 0 Å². The van der Waals surface area contributed by atoms with Crippen molar-refractivity contribution in [1.29, 1.82) is 0 Å². The second kappa shape index (κ2) is 7.27. The number of benzene rings is 3. The van der Waals surface area contributed by atoms with Crippen LogP contribution < -0.4 is 5.32 Å². The Morgan fingerprint density at radius 3 is 2.57 bits per heavy atom. The SMILES string of the molecule is Cc1cc(C(=O)N2Cc3cccc(NCc4ccccc4)c3C2)c(O)cc1O. The summed E-state index contributed by atoms with van der Waals surface area (Å²) in [5.74, 6) is -0.469. The number of fused-ring (bicyclic) bond motifs is 1. The molecule has 0 spiro atoms. The van der Waals surface area contributed by atoms with Crippen molar-refractivity contribution in [1.82, 2.24) is 4.90 Å². The summed E-state index contributed by atoms with van der Waals surface area (Å²) in [5, 5.41) is 23.3. The zero-order chi connectivity index (χ0) is 19.7. The Hall–Kier alpha value is -3.47. The van der Waals surface area contributed by atoms with E-state index >= 15 is 0 Å². The summed E-state index contributed by atoms with van der Waals surface area (Å²) in [6.07, 6.45) is 0. The molecule has 0 aliphatic carbocycles. The lowest BCUT2D eigenvalue weighted by atomic mass is 10.1. The number of aromatic hydroxyl groups is 2. The highest BCUT2D eigenvalue weighted by molar-refractivity contribution is 5.97. The Kier molecular flexibility index (Phi) is 4.65. The molecule has 1 amide bonds. The highest BCUT2D eigenvalue weighted by atomic mass is 16.3. The predicted octanol–water partition coefficient (Wildman–Crippen LogP) is 4.17. The molecule has 0 fully saturated rings. The Morgan fingerprint density at radius 1 is 1.00 bits per heavy atom. The van der Waals surface area contributed by atoms with E-state index in [1.54, 1.807) is 11.8 Å². The second-order valence-electron chi connectivity index (χ2n) is 7.10. The van der Waals surface area contributed by atoms with Crippen LogP contribution in [0.5, 0.6) is 11.5 Å². The van der Waals surface area contributed by atoms with Gasteiger partial charge in [-0.2, -0.15) is 0 Å². The van der Waals surface area contributed by atoms with Gasteiger partial charge >= 0.3 is 0 Å². The maximum absolute atomic E-state index is 13.0. The molecule has 1 aliphatic heterocycles. The lowest BCUT2D eigenvalue weighted by molar-refractivity contribution is 0.0748. The summed E-state index contributed by atoms with van der Waals surface area (Å²) < 4.78 is 0. The van der Waals surface area contributed by atoms with Crippen LogP contribution in [0, 0.1) is 6.92 Å². The van der Waals surface area contributed by atoms with Gasteiger partial charge in [-0.05, 0) is 41.3 Å². The summed E-state index contributed by atoms with van der Waals surface area (Å²) in [7, 11) is 0. The van der Waals surface area contributed by atoms with E-state index in [2.05, 4.69) is 17.4 Å². The molecule has 4 rings (SSSR count). The number of rotatable bonds is 4. The number of anilines is 1. The molecule has 28 heavy (non-hydrogen) atoms. The van der Waals surface area contributed by atoms with Gasteiger partial charge in [0.05, 0.1) is 5.56 Å². The van der Waals surface area contributed by atoms with Gasteiger partial charge in [-0.25, -0.2) is 0 Å². The van der Waals surface area contributed by atoms with Crippen molar-refractivity contribution >= 4 is 11.6 Å². The first kappa shape index (κ1) is 17.9. The molecule has 1 heterocycles. The Labute approximate surface area is 163 Å². The topological polar surface area (TPSA) is 72.8 Å². The molecule has 142 valence electrons. The van der Waals surface area contributed by atoms with E-state index in [0.717, 1.165) is 16.8 Å². The van der Waals surface area contributed by atoms with Crippen molar-refractivity contribution in [2.24, 2.45) is 0 Å². The van der Waals surface area contributed by atoms with Crippen LogP contribution in [0.15, 0.2) is 60.7 Å². The first-order valence-corrected chi connectivity index (χ1v) is 9.23. The van der Waals surface area contributed by atoms with Gasteiger partial charge in [0.1, 0.15) is 11.5 Å². The van der Waals surface area contributed by atoms with E-state index in [1.807, 2.05) is 36.4 Å². The zero-order valence-corrected chi connectivity index (χ0v) is 15.6. The van der Waals surface area contributed by atoms with Gasteiger partial charge in [0, 0.05) is 31.4 Å². The summed E-state index contributed by atoms with van der Waals surface area (Å²) in [4.78, 5) is 14.7. The molecular weight excluding hydrogens is 352 g/mol. The number of nitrogens with one attached hydrogen (secondary N) is 1. The minimum Gasteiger partial charge on any atom is -0.508 e. The highest BCUT2D eigenvalue weighted by Crippen LogP contribution is 2.33. The largest absolute Gasteiger partial charge is 0.508 e. The molecule has 0 saturated heterocycles. The van der Waals surface area contributed by atoms with Crippen molar-refractivity contribution in [3.05, 3.63) is 88.5 Å². The number of hydrogen-bond acceptors (Lipinski definition) is 4. The number of amides is 1. The predicted molar refractivity (Wildman–Crippen MR) is 108 cm³/mol. The van der Waals surface area contributed by atoms with Gasteiger partial charge in [0.15, 0.2) is 0 Å². The first-order chi connectivity index (χ1) is 13.5. The minimum atomic E-state index is -0.245. The van der Waals surface area contributed by atoms with E-state index in [0.29, 0.717) is 25.2 Å². The second-order valence-corrected chi connectivity index (χ2v) is 7.10. The lowest BCUT2D eigenvalue weighted by Gasteiger charge is -2.17. The third-order valence-corrected chi connectivity index (χ3v) is 5.14. The molecule has 5 nitrogen and oxygen atoms in total. The van der Waals surface area contributed by atoms with E-state index in [4.69, 9.17) is 0 Å². The fraction of sp³-hybridized carbons (Fsp3) is 0.174. The Balaban J connectivity index is 1.54. The van der Waals surface area contributed by atoms with Gasteiger partial charge < -0.3 is 20.4 Å². The average molecular weight is 374 g/mol. The van der Waals surface area contributed by atoms with Crippen LogP contribution in [0.3, 0.4) is 0 Å². The van der Waals surface area contributed by atoms with Crippen molar-refractivity contribution < 1.29 is 15.0 Å². The monoisotopic (exact) mass is 374 g/mol. The third-order valence-electron chi connectivity index (χ3n) is 5.14. The van der Waals surface area contributed by atoms with Crippen LogP contribution in [-0.2, 0) is 19.6 Å². The minimum absolute atomic E-state index is 0.0221. The number of nitrogens with zero attached hydrogens (tertiary/aromatic N) is 1. The number of hydrogen-bond donors (Lipinski definition) is 3. The zero-order valence-electron chi connectivity index (χ0n) is 15.6. The molecule has 3 N–H and O–H groups in total. The maximum atomic E-state index is 13.0. The Morgan fingerprint density at radius 2 is 1.79 bits per heavy atom. The normalized spacial score (nSPS) is 12.7. The van der Waals surface area contributed by atoms with E-state index < -0.39 is 0 Å². The lowest BCUT2D eigenvalue weighted by Crippen LogP contribution is -2.25.